The summed E-state index contributed by atoms with van der Waals surface area (Å²) in [5, 5.41) is 4.82. The van der Waals surface area contributed by atoms with Gasteiger partial charge in [-0.1, -0.05) is 6.07 Å². The van der Waals surface area contributed by atoms with Crippen LogP contribution in [0.5, 0.6) is 0 Å². The maximum atomic E-state index is 11.1. The van der Waals surface area contributed by atoms with Crippen LogP contribution >= 0.6 is 23.7 Å². The van der Waals surface area contributed by atoms with Gasteiger partial charge in [0.1, 0.15) is 0 Å². The zero-order chi connectivity index (χ0) is 8.10. The highest BCUT2D eigenvalue weighted by atomic mass is 35.5. The summed E-state index contributed by atoms with van der Waals surface area (Å²) in [6, 6.07) is 3.95. The molecular formula is C8H12ClNOS. The van der Waals surface area contributed by atoms with Crippen molar-refractivity contribution in [3.63, 3.8) is 0 Å². The lowest BCUT2D eigenvalue weighted by molar-refractivity contribution is -0.117. The van der Waals surface area contributed by atoms with Crippen molar-refractivity contribution in [1.29, 1.82) is 0 Å². The van der Waals surface area contributed by atoms with E-state index in [0.717, 1.165) is 4.88 Å². The molecule has 0 aliphatic carbocycles. The van der Waals surface area contributed by atoms with Crippen LogP contribution in [0.4, 0.5) is 0 Å². The predicted octanol–water partition coefficient (Wildman–Crippen LogP) is 1.50. The van der Waals surface area contributed by atoms with Gasteiger partial charge in [0.05, 0.1) is 6.54 Å². The van der Waals surface area contributed by atoms with E-state index in [1.165, 1.54) is 0 Å². The lowest BCUT2D eigenvalue weighted by Crippen LogP contribution is -2.19. The van der Waals surface area contributed by atoms with Crippen LogP contribution in [0.15, 0.2) is 17.5 Å². The second-order valence-corrected chi connectivity index (χ2v) is 3.36. The van der Waals surface area contributed by atoms with Crippen LogP contribution in [0.25, 0.3) is 0 Å². The Morgan fingerprint density at radius 2 is 2.42 bits per heavy atom. The molecule has 0 saturated heterocycles. The molecule has 1 aromatic heterocycles. The fourth-order valence-electron chi connectivity index (χ4n) is 0.867. The summed E-state index contributed by atoms with van der Waals surface area (Å²) >= 11 is 1.63. The average molecular weight is 206 g/mol. The van der Waals surface area contributed by atoms with Crippen molar-refractivity contribution < 1.29 is 4.79 Å². The number of hydrogen-bond acceptors (Lipinski definition) is 3. The van der Waals surface area contributed by atoms with Gasteiger partial charge < -0.3 is 5.32 Å². The third-order valence-electron chi connectivity index (χ3n) is 1.33. The molecule has 0 aromatic carbocycles. The van der Waals surface area contributed by atoms with E-state index in [0.29, 0.717) is 13.0 Å². The van der Waals surface area contributed by atoms with E-state index in [9.17, 15) is 4.79 Å². The number of likely N-dealkylation sites (N-methyl/N-ethyl adjacent to an activating group) is 1. The fraction of sp³-hybridized carbons (Fsp3) is 0.375. The van der Waals surface area contributed by atoms with E-state index < -0.39 is 0 Å². The van der Waals surface area contributed by atoms with E-state index in [1.807, 2.05) is 17.5 Å². The molecule has 68 valence electrons. The van der Waals surface area contributed by atoms with Gasteiger partial charge in [-0.05, 0) is 18.5 Å². The Morgan fingerprint density at radius 1 is 1.67 bits per heavy atom. The number of nitrogens with one attached hydrogen (secondary N) is 1. The summed E-state index contributed by atoms with van der Waals surface area (Å²) in [4.78, 5) is 12.2. The van der Waals surface area contributed by atoms with Gasteiger partial charge in [-0.25, -0.2) is 0 Å². The van der Waals surface area contributed by atoms with Gasteiger partial charge >= 0.3 is 0 Å². The van der Waals surface area contributed by atoms with Crippen LogP contribution in [0.1, 0.15) is 4.88 Å². The largest absolute Gasteiger partial charge is 0.313 e. The van der Waals surface area contributed by atoms with E-state index in [1.54, 1.807) is 18.4 Å². The van der Waals surface area contributed by atoms with Gasteiger partial charge in [-0.3, -0.25) is 4.79 Å². The summed E-state index contributed by atoms with van der Waals surface area (Å²) in [6.45, 7) is 0.470. The Kier molecular flexibility index (Phi) is 5.98. The lowest BCUT2D eigenvalue weighted by Gasteiger charge is -1.95. The Hall–Kier alpha value is -0.380. The lowest BCUT2D eigenvalue weighted by atomic mass is 10.2. The second kappa shape index (κ2) is 6.17. The van der Waals surface area contributed by atoms with Gasteiger partial charge in [0.2, 0.25) is 0 Å². The van der Waals surface area contributed by atoms with Crippen LogP contribution in [0.3, 0.4) is 0 Å². The molecule has 0 unspecified atom stereocenters. The first kappa shape index (κ1) is 11.6. The third kappa shape index (κ3) is 3.85. The Labute approximate surface area is 82.4 Å². The van der Waals surface area contributed by atoms with E-state index in [-0.39, 0.29) is 18.2 Å². The molecular weight excluding hydrogens is 194 g/mol. The molecule has 0 spiro atoms. The number of rotatable bonds is 4. The molecule has 1 aromatic rings. The molecule has 1 heterocycles. The first-order chi connectivity index (χ1) is 5.33. The van der Waals surface area contributed by atoms with Crippen LogP contribution in [-0.4, -0.2) is 19.4 Å². The summed E-state index contributed by atoms with van der Waals surface area (Å²) < 4.78 is 0. The summed E-state index contributed by atoms with van der Waals surface area (Å²) in [6.07, 6.45) is 0.568. The zero-order valence-corrected chi connectivity index (χ0v) is 8.50. The van der Waals surface area contributed by atoms with Crippen molar-refractivity contribution in [3.05, 3.63) is 22.4 Å². The van der Waals surface area contributed by atoms with Gasteiger partial charge in [0.15, 0.2) is 5.78 Å². The quantitative estimate of drug-likeness (QED) is 0.808. The van der Waals surface area contributed by atoms with Crippen molar-refractivity contribution in [1.82, 2.24) is 5.32 Å². The molecule has 0 bridgehead atoms. The van der Waals surface area contributed by atoms with E-state index in [4.69, 9.17) is 0 Å². The van der Waals surface area contributed by atoms with Crippen LogP contribution in [-0.2, 0) is 11.2 Å². The topological polar surface area (TPSA) is 29.1 Å². The SMILES string of the molecule is CNCC(=O)Cc1cccs1.Cl. The summed E-state index contributed by atoms with van der Waals surface area (Å²) in [5.41, 5.74) is 0. The minimum absolute atomic E-state index is 0. The monoisotopic (exact) mass is 205 g/mol. The maximum absolute atomic E-state index is 11.1. The van der Waals surface area contributed by atoms with Gasteiger partial charge in [0.25, 0.3) is 0 Å². The van der Waals surface area contributed by atoms with Crippen molar-refractivity contribution in [3.8, 4) is 0 Å². The highest BCUT2D eigenvalue weighted by Crippen LogP contribution is 2.08. The van der Waals surface area contributed by atoms with Crippen molar-refractivity contribution in [2.45, 2.75) is 6.42 Å². The molecule has 0 radical (unpaired) electrons. The van der Waals surface area contributed by atoms with E-state index >= 15 is 0 Å². The minimum atomic E-state index is 0. The number of halogens is 1. The molecule has 2 nitrogen and oxygen atoms in total. The zero-order valence-electron chi connectivity index (χ0n) is 6.87. The second-order valence-electron chi connectivity index (χ2n) is 2.33. The van der Waals surface area contributed by atoms with Crippen LogP contribution < -0.4 is 5.32 Å². The molecule has 1 rings (SSSR count). The summed E-state index contributed by atoms with van der Waals surface area (Å²) in [5.74, 6) is 0.245. The first-order valence-corrected chi connectivity index (χ1v) is 4.39. The average Bonchev–Trinajstić information content (AvgIpc) is 2.40. The number of thiophene rings is 1. The minimum Gasteiger partial charge on any atom is -0.313 e. The van der Waals surface area contributed by atoms with Gasteiger partial charge in [-0.2, -0.15) is 0 Å². The first-order valence-electron chi connectivity index (χ1n) is 3.51. The Morgan fingerprint density at radius 3 is 2.92 bits per heavy atom. The third-order valence-corrected chi connectivity index (χ3v) is 2.20. The van der Waals surface area contributed by atoms with Crippen molar-refractivity contribution >= 4 is 29.5 Å². The smallest absolute Gasteiger partial charge is 0.151 e. The van der Waals surface area contributed by atoms with Gasteiger partial charge in [-0.15, -0.1) is 23.7 Å². The van der Waals surface area contributed by atoms with Crippen LogP contribution in [0.2, 0.25) is 0 Å². The molecule has 0 aliphatic rings. The number of hydrogen-bond donors (Lipinski definition) is 1. The normalized spacial score (nSPS) is 9.08. The Balaban J connectivity index is 0.00000121. The maximum Gasteiger partial charge on any atom is 0.151 e. The van der Waals surface area contributed by atoms with Crippen molar-refractivity contribution in [2.24, 2.45) is 0 Å². The highest BCUT2D eigenvalue weighted by Gasteiger charge is 2.01. The van der Waals surface area contributed by atoms with Crippen molar-refractivity contribution in [2.75, 3.05) is 13.6 Å². The highest BCUT2D eigenvalue weighted by molar-refractivity contribution is 7.10. The molecule has 12 heavy (non-hydrogen) atoms. The van der Waals surface area contributed by atoms with Crippen LogP contribution in [0, 0.1) is 0 Å². The molecule has 0 atom stereocenters. The molecule has 4 heteroatoms. The number of carbonyl (C=O) groups is 1. The number of ketones is 1. The molecule has 1 N–H and O–H groups in total. The van der Waals surface area contributed by atoms with Gasteiger partial charge in [0, 0.05) is 11.3 Å². The number of Topliss-reactive ketones (excluding diaryl/α,β-unsaturated/α-hetero) is 1. The molecule has 0 aliphatic heterocycles. The summed E-state index contributed by atoms with van der Waals surface area (Å²) in [7, 11) is 1.78. The predicted molar refractivity (Wildman–Crippen MR) is 54.2 cm³/mol. The standard InChI is InChI=1S/C8H11NOS.ClH/c1-9-6-7(10)5-8-3-2-4-11-8;/h2-4,9H,5-6H2,1H3;1H. The molecule has 0 saturated carbocycles. The van der Waals surface area contributed by atoms with E-state index in [2.05, 4.69) is 5.32 Å². The molecule has 0 fully saturated rings. The number of carbonyl (C=O) groups excluding carboxylic acids is 1. The Bertz CT molecular complexity index is 223. The molecule has 0 amide bonds. The fourth-order valence-corrected chi connectivity index (χ4v) is 1.60.